The van der Waals surface area contributed by atoms with Crippen molar-refractivity contribution >= 4 is 10.9 Å². The van der Waals surface area contributed by atoms with Crippen molar-refractivity contribution in [2.45, 2.75) is 13.3 Å². The van der Waals surface area contributed by atoms with Gasteiger partial charge in [-0.2, -0.15) is 0 Å². The van der Waals surface area contributed by atoms with E-state index in [0.29, 0.717) is 0 Å². The first-order valence-corrected chi connectivity index (χ1v) is 5.76. The van der Waals surface area contributed by atoms with Crippen molar-refractivity contribution in [1.82, 2.24) is 9.88 Å². The van der Waals surface area contributed by atoms with E-state index in [9.17, 15) is 8.78 Å². The summed E-state index contributed by atoms with van der Waals surface area (Å²) in [4.78, 5) is 4.98. The lowest BCUT2D eigenvalue weighted by Gasteiger charge is -2.12. The molecule has 0 spiro atoms. The first kappa shape index (κ1) is 12.0. The zero-order chi connectivity index (χ0) is 12.4. The van der Waals surface area contributed by atoms with Crippen molar-refractivity contribution in [3.05, 3.63) is 35.5 Å². The minimum Gasteiger partial charge on any atom is -0.358 e. The Morgan fingerprint density at radius 1 is 1.29 bits per heavy atom. The Hall–Kier alpha value is -1.42. The molecule has 0 radical (unpaired) electrons. The number of halogens is 2. The van der Waals surface area contributed by atoms with Gasteiger partial charge >= 0.3 is 0 Å². The maximum absolute atomic E-state index is 13.5. The molecule has 4 heteroatoms. The van der Waals surface area contributed by atoms with Crippen LogP contribution in [-0.4, -0.2) is 30.0 Å². The molecule has 0 saturated carbocycles. The molecule has 0 fully saturated rings. The molecule has 1 aromatic carbocycles. The number of likely N-dealkylation sites (N-methyl/N-ethyl adjacent to an activating group) is 1. The van der Waals surface area contributed by atoms with E-state index in [2.05, 4.69) is 16.8 Å². The van der Waals surface area contributed by atoms with Crippen molar-refractivity contribution in [2.24, 2.45) is 0 Å². The summed E-state index contributed by atoms with van der Waals surface area (Å²) in [5.74, 6) is -1.60. The minimum absolute atomic E-state index is 0.263. The number of hydrogen-bond acceptors (Lipinski definition) is 1. The summed E-state index contributed by atoms with van der Waals surface area (Å²) in [6.45, 7) is 3.97. The fourth-order valence-electron chi connectivity index (χ4n) is 1.87. The molecular weight excluding hydrogens is 222 g/mol. The van der Waals surface area contributed by atoms with Gasteiger partial charge in [0.15, 0.2) is 11.6 Å². The Morgan fingerprint density at radius 2 is 2.06 bits per heavy atom. The number of hydrogen-bond donors (Lipinski definition) is 1. The lowest BCUT2D eigenvalue weighted by Crippen LogP contribution is -2.20. The summed E-state index contributed by atoms with van der Waals surface area (Å²) >= 11 is 0. The van der Waals surface area contributed by atoms with Crippen LogP contribution >= 0.6 is 0 Å². The van der Waals surface area contributed by atoms with Gasteiger partial charge in [-0.15, -0.1) is 0 Å². The Bertz CT molecular complexity index is 519. The molecule has 0 atom stereocenters. The van der Waals surface area contributed by atoms with Crippen LogP contribution in [0.5, 0.6) is 0 Å². The largest absolute Gasteiger partial charge is 0.358 e. The summed E-state index contributed by atoms with van der Waals surface area (Å²) in [6, 6.07) is 2.81. The molecular formula is C13H16F2N2. The standard InChI is InChI=1S/C13H16F2N2/c1-3-17(2)7-6-9-8-16-13-10(9)4-5-11(14)12(13)15/h4-5,8,16H,3,6-7H2,1-2H3. The predicted octanol–water partition coefficient (Wildman–Crippen LogP) is 2.94. The number of aromatic amines is 1. The molecule has 0 aliphatic heterocycles. The lowest BCUT2D eigenvalue weighted by molar-refractivity contribution is 0.358. The normalized spacial score (nSPS) is 11.6. The van der Waals surface area contributed by atoms with Gasteiger partial charge in [-0.1, -0.05) is 6.92 Å². The predicted molar refractivity (Wildman–Crippen MR) is 65.1 cm³/mol. The van der Waals surface area contributed by atoms with Gasteiger partial charge in [0.25, 0.3) is 0 Å². The van der Waals surface area contributed by atoms with Crippen LogP contribution in [0.4, 0.5) is 8.78 Å². The second-order valence-electron chi connectivity index (χ2n) is 4.24. The van der Waals surface area contributed by atoms with Gasteiger partial charge in [0.05, 0.1) is 5.52 Å². The SMILES string of the molecule is CCN(C)CCc1c[nH]c2c(F)c(F)ccc12. The third-order valence-corrected chi connectivity index (χ3v) is 3.13. The fraction of sp³-hybridized carbons (Fsp3) is 0.385. The van der Waals surface area contributed by atoms with Crippen LogP contribution in [0.3, 0.4) is 0 Å². The quantitative estimate of drug-likeness (QED) is 0.867. The van der Waals surface area contributed by atoms with E-state index in [1.54, 1.807) is 12.3 Å². The van der Waals surface area contributed by atoms with Gasteiger partial charge in [0, 0.05) is 18.1 Å². The van der Waals surface area contributed by atoms with E-state index in [-0.39, 0.29) is 5.52 Å². The van der Waals surface area contributed by atoms with Gasteiger partial charge in [-0.25, -0.2) is 8.78 Å². The van der Waals surface area contributed by atoms with E-state index in [1.807, 2.05) is 7.05 Å². The van der Waals surface area contributed by atoms with Crippen LogP contribution in [0.1, 0.15) is 12.5 Å². The summed E-state index contributed by atoms with van der Waals surface area (Å²) in [5.41, 5.74) is 1.29. The molecule has 1 heterocycles. The molecule has 2 aromatic rings. The van der Waals surface area contributed by atoms with E-state index in [4.69, 9.17) is 0 Å². The van der Waals surface area contributed by atoms with Crippen LogP contribution in [-0.2, 0) is 6.42 Å². The van der Waals surface area contributed by atoms with Crippen molar-refractivity contribution in [3.63, 3.8) is 0 Å². The number of benzene rings is 1. The highest BCUT2D eigenvalue weighted by atomic mass is 19.2. The molecule has 92 valence electrons. The van der Waals surface area contributed by atoms with Crippen molar-refractivity contribution in [3.8, 4) is 0 Å². The smallest absolute Gasteiger partial charge is 0.182 e. The van der Waals surface area contributed by atoms with Crippen LogP contribution in [0.15, 0.2) is 18.3 Å². The highest BCUT2D eigenvalue weighted by Gasteiger charge is 2.11. The maximum Gasteiger partial charge on any atom is 0.182 e. The van der Waals surface area contributed by atoms with Crippen molar-refractivity contribution < 1.29 is 8.78 Å². The van der Waals surface area contributed by atoms with Gasteiger partial charge in [0.1, 0.15) is 0 Å². The average molecular weight is 238 g/mol. The summed E-state index contributed by atoms with van der Waals surface area (Å²) in [6.07, 6.45) is 2.59. The first-order valence-electron chi connectivity index (χ1n) is 5.76. The Kier molecular flexibility index (Phi) is 3.43. The van der Waals surface area contributed by atoms with Gasteiger partial charge in [-0.3, -0.25) is 0 Å². The minimum atomic E-state index is -0.809. The Morgan fingerprint density at radius 3 is 2.76 bits per heavy atom. The monoisotopic (exact) mass is 238 g/mol. The Balaban J connectivity index is 2.28. The third-order valence-electron chi connectivity index (χ3n) is 3.13. The number of H-pyrrole nitrogens is 1. The second-order valence-corrected chi connectivity index (χ2v) is 4.24. The number of aromatic nitrogens is 1. The van der Waals surface area contributed by atoms with Crippen LogP contribution in [0, 0.1) is 11.6 Å². The zero-order valence-corrected chi connectivity index (χ0v) is 10.1. The molecule has 0 unspecified atom stereocenters. The summed E-state index contributed by atoms with van der Waals surface area (Å²) in [5, 5.41) is 0.772. The van der Waals surface area contributed by atoms with Crippen LogP contribution < -0.4 is 0 Å². The molecule has 2 rings (SSSR count). The first-order chi connectivity index (χ1) is 8.13. The second kappa shape index (κ2) is 4.84. The number of rotatable bonds is 4. The zero-order valence-electron chi connectivity index (χ0n) is 10.1. The lowest BCUT2D eigenvalue weighted by atomic mass is 10.1. The molecule has 0 aliphatic carbocycles. The maximum atomic E-state index is 13.5. The van der Waals surface area contributed by atoms with Crippen molar-refractivity contribution in [2.75, 3.05) is 20.1 Å². The van der Waals surface area contributed by atoms with E-state index in [0.717, 1.165) is 30.5 Å². The Labute approximate surface area is 99.2 Å². The topological polar surface area (TPSA) is 19.0 Å². The average Bonchev–Trinajstić information content (AvgIpc) is 2.74. The highest BCUT2D eigenvalue weighted by Crippen LogP contribution is 2.23. The van der Waals surface area contributed by atoms with Crippen molar-refractivity contribution in [1.29, 1.82) is 0 Å². The summed E-state index contributed by atoms with van der Waals surface area (Å²) < 4.78 is 26.5. The molecule has 0 bridgehead atoms. The van der Waals surface area contributed by atoms with Gasteiger partial charge in [0.2, 0.25) is 0 Å². The number of fused-ring (bicyclic) bond motifs is 1. The van der Waals surface area contributed by atoms with E-state index < -0.39 is 11.6 Å². The molecule has 2 nitrogen and oxygen atoms in total. The van der Waals surface area contributed by atoms with Gasteiger partial charge in [-0.05, 0) is 37.7 Å². The van der Waals surface area contributed by atoms with Crippen LogP contribution in [0.2, 0.25) is 0 Å². The molecule has 1 N–H and O–H groups in total. The fourth-order valence-corrected chi connectivity index (χ4v) is 1.87. The molecule has 17 heavy (non-hydrogen) atoms. The highest BCUT2D eigenvalue weighted by molar-refractivity contribution is 5.83. The van der Waals surface area contributed by atoms with E-state index in [1.165, 1.54) is 6.07 Å². The van der Waals surface area contributed by atoms with Gasteiger partial charge < -0.3 is 9.88 Å². The number of nitrogens with zero attached hydrogens (tertiary/aromatic N) is 1. The third kappa shape index (κ3) is 2.31. The summed E-state index contributed by atoms with van der Waals surface area (Å²) in [7, 11) is 2.04. The molecule has 0 amide bonds. The molecule has 1 aromatic heterocycles. The number of nitrogens with one attached hydrogen (secondary N) is 1. The van der Waals surface area contributed by atoms with E-state index >= 15 is 0 Å². The van der Waals surface area contributed by atoms with Crippen LogP contribution in [0.25, 0.3) is 10.9 Å². The molecule has 0 saturated heterocycles. The molecule has 0 aliphatic rings.